The van der Waals surface area contributed by atoms with E-state index in [0.29, 0.717) is 10.9 Å². The molecule has 25 heavy (non-hydrogen) atoms. The van der Waals surface area contributed by atoms with Crippen LogP contribution in [-0.4, -0.2) is 51.6 Å². The summed E-state index contributed by atoms with van der Waals surface area (Å²) in [6.45, 7) is 5.78. The Morgan fingerprint density at radius 1 is 1.08 bits per heavy atom. The summed E-state index contributed by atoms with van der Waals surface area (Å²) in [5.41, 5.74) is 0.792. The summed E-state index contributed by atoms with van der Waals surface area (Å²) in [4.78, 5) is 17.0. The maximum atomic E-state index is 12.8. The van der Waals surface area contributed by atoms with Crippen LogP contribution in [0.25, 0.3) is 5.65 Å². The van der Waals surface area contributed by atoms with Crippen molar-refractivity contribution in [2.45, 2.75) is 32.6 Å². The van der Waals surface area contributed by atoms with E-state index in [1.54, 1.807) is 0 Å². The van der Waals surface area contributed by atoms with Gasteiger partial charge in [-0.2, -0.15) is 0 Å². The van der Waals surface area contributed by atoms with Gasteiger partial charge in [0, 0.05) is 38.3 Å². The monoisotopic (exact) mass is 361 g/mol. The fraction of sp³-hybridized carbons (Fsp3) is 0.611. The smallest absolute Gasteiger partial charge is 0.231 e. The van der Waals surface area contributed by atoms with Gasteiger partial charge in [0.05, 0.1) is 5.02 Å². The summed E-state index contributed by atoms with van der Waals surface area (Å²) >= 11 is 6.10. The lowest BCUT2D eigenvalue weighted by Gasteiger charge is -2.36. The molecule has 0 N–H and O–H groups in total. The van der Waals surface area contributed by atoms with E-state index in [0.717, 1.165) is 69.4 Å². The van der Waals surface area contributed by atoms with Crippen molar-refractivity contribution in [2.75, 3.05) is 31.1 Å². The summed E-state index contributed by atoms with van der Waals surface area (Å²) in [7, 11) is 0. The van der Waals surface area contributed by atoms with Gasteiger partial charge in [-0.15, -0.1) is 10.2 Å². The first-order valence-electron chi connectivity index (χ1n) is 9.16. The first kappa shape index (κ1) is 16.6. The molecule has 0 spiro atoms. The Hall–Kier alpha value is -1.82. The van der Waals surface area contributed by atoms with Gasteiger partial charge in [-0.1, -0.05) is 18.5 Å². The van der Waals surface area contributed by atoms with Crippen molar-refractivity contribution in [3.63, 3.8) is 0 Å². The molecule has 1 amide bonds. The van der Waals surface area contributed by atoms with Crippen LogP contribution < -0.4 is 4.90 Å². The van der Waals surface area contributed by atoms with Crippen molar-refractivity contribution < 1.29 is 4.79 Å². The first-order valence-corrected chi connectivity index (χ1v) is 9.53. The van der Waals surface area contributed by atoms with Gasteiger partial charge < -0.3 is 9.80 Å². The number of aromatic nitrogens is 3. The van der Waals surface area contributed by atoms with Crippen LogP contribution in [0.5, 0.6) is 0 Å². The van der Waals surface area contributed by atoms with Crippen molar-refractivity contribution in [1.29, 1.82) is 0 Å². The minimum absolute atomic E-state index is 0.146. The number of amides is 1. The van der Waals surface area contributed by atoms with Gasteiger partial charge in [-0.3, -0.25) is 9.20 Å². The molecular formula is C18H24ClN5O. The number of piperidine rings is 2. The number of nitrogens with zero attached hydrogens (tertiary/aromatic N) is 5. The second kappa shape index (κ2) is 6.83. The number of anilines is 1. The Morgan fingerprint density at radius 3 is 2.52 bits per heavy atom. The third kappa shape index (κ3) is 3.32. The van der Waals surface area contributed by atoms with Gasteiger partial charge in [0.15, 0.2) is 5.65 Å². The van der Waals surface area contributed by atoms with E-state index in [9.17, 15) is 4.79 Å². The van der Waals surface area contributed by atoms with Crippen LogP contribution in [-0.2, 0) is 4.79 Å². The fourth-order valence-electron chi connectivity index (χ4n) is 3.88. The molecule has 2 saturated heterocycles. The third-order valence-corrected chi connectivity index (χ3v) is 5.79. The highest BCUT2D eigenvalue weighted by Gasteiger charge is 2.31. The zero-order chi connectivity index (χ0) is 17.4. The maximum absolute atomic E-state index is 12.8. The number of carbonyl (C=O) groups excluding carboxylic acids is 1. The maximum Gasteiger partial charge on any atom is 0.231 e. The molecule has 7 heteroatoms. The molecule has 2 aliphatic rings. The molecule has 0 atom stereocenters. The highest BCUT2D eigenvalue weighted by Crippen LogP contribution is 2.26. The number of rotatable bonds is 2. The second-order valence-corrected chi connectivity index (χ2v) is 7.78. The molecule has 0 saturated carbocycles. The minimum atomic E-state index is 0.146. The lowest BCUT2D eigenvalue weighted by atomic mass is 9.93. The average Bonchev–Trinajstić information content (AvgIpc) is 3.05. The lowest BCUT2D eigenvalue weighted by molar-refractivity contribution is -0.137. The largest absolute Gasteiger partial charge is 0.342 e. The molecule has 0 aromatic carbocycles. The summed E-state index contributed by atoms with van der Waals surface area (Å²) in [6.07, 6.45) is 5.87. The molecule has 2 aromatic rings. The molecule has 0 unspecified atom stereocenters. The van der Waals surface area contributed by atoms with Crippen molar-refractivity contribution in [3.8, 4) is 0 Å². The van der Waals surface area contributed by atoms with Gasteiger partial charge in [0.2, 0.25) is 11.9 Å². The van der Waals surface area contributed by atoms with Gasteiger partial charge in [-0.25, -0.2) is 0 Å². The SMILES string of the molecule is CC1CCN(C(=O)C2CCN(c3nnc4ccc(Cl)cn34)CC2)CC1. The molecule has 4 heterocycles. The summed E-state index contributed by atoms with van der Waals surface area (Å²) in [5, 5.41) is 9.18. The van der Waals surface area contributed by atoms with Gasteiger partial charge in [-0.05, 0) is 43.7 Å². The summed E-state index contributed by atoms with van der Waals surface area (Å²) in [6, 6.07) is 3.69. The number of hydrogen-bond acceptors (Lipinski definition) is 4. The van der Waals surface area contributed by atoms with Crippen molar-refractivity contribution in [2.24, 2.45) is 11.8 Å². The molecule has 134 valence electrons. The zero-order valence-electron chi connectivity index (χ0n) is 14.6. The zero-order valence-corrected chi connectivity index (χ0v) is 15.3. The molecule has 0 aliphatic carbocycles. The van der Waals surface area contributed by atoms with E-state index in [4.69, 9.17) is 11.6 Å². The molecule has 0 radical (unpaired) electrons. The Balaban J connectivity index is 1.41. The molecule has 2 fully saturated rings. The number of pyridine rings is 1. The van der Waals surface area contributed by atoms with Crippen LogP contribution in [0.4, 0.5) is 5.95 Å². The summed E-state index contributed by atoms with van der Waals surface area (Å²) in [5.74, 6) is 2.06. The first-order chi connectivity index (χ1) is 12.1. The Labute approximate surface area is 152 Å². The lowest BCUT2D eigenvalue weighted by Crippen LogP contribution is -2.45. The Morgan fingerprint density at radius 2 is 1.80 bits per heavy atom. The standard InChI is InChI=1S/C18H24ClN5O/c1-13-4-8-22(9-5-13)17(25)14-6-10-23(11-7-14)18-21-20-16-3-2-15(19)12-24(16)18/h2-3,12-14H,4-11H2,1H3. The normalized spacial score (nSPS) is 20.4. The number of hydrogen-bond donors (Lipinski definition) is 0. The van der Waals surface area contributed by atoms with Gasteiger partial charge in [0.25, 0.3) is 0 Å². The van der Waals surface area contributed by atoms with Crippen LogP contribution in [0.15, 0.2) is 18.3 Å². The highest BCUT2D eigenvalue weighted by atomic mass is 35.5. The third-order valence-electron chi connectivity index (χ3n) is 5.57. The molecule has 4 rings (SSSR count). The quantitative estimate of drug-likeness (QED) is 0.825. The topological polar surface area (TPSA) is 53.7 Å². The van der Waals surface area contributed by atoms with Gasteiger partial charge >= 0.3 is 0 Å². The van der Waals surface area contributed by atoms with E-state index < -0.39 is 0 Å². The molecule has 6 nitrogen and oxygen atoms in total. The number of halogens is 1. The van der Waals surface area contributed by atoms with E-state index in [-0.39, 0.29) is 5.92 Å². The molecule has 2 aliphatic heterocycles. The van der Waals surface area contributed by atoms with Crippen LogP contribution >= 0.6 is 11.6 Å². The van der Waals surface area contributed by atoms with Crippen LogP contribution in [0, 0.1) is 11.8 Å². The highest BCUT2D eigenvalue weighted by molar-refractivity contribution is 6.30. The fourth-order valence-corrected chi connectivity index (χ4v) is 4.04. The minimum Gasteiger partial charge on any atom is -0.342 e. The summed E-state index contributed by atoms with van der Waals surface area (Å²) < 4.78 is 1.93. The molecule has 2 aromatic heterocycles. The van der Waals surface area contributed by atoms with Crippen molar-refractivity contribution in [3.05, 3.63) is 23.4 Å². The Bertz CT molecular complexity index is 760. The van der Waals surface area contributed by atoms with Crippen LogP contribution in [0.2, 0.25) is 5.02 Å². The number of fused-ring (bicyclic) bond motifs is 1. The second-order valence-electron chi connectivity index (χ2n) is 7.34. The average molecular weight is 362 g/mol. The van der Waals surface area contributed by atoms with Crippen LogP contribution in [0.1, 0.15) is 32.6 Å². The van der Waals surface area contributed by atoms with E-state index in [2.05, 4.69) is 26.9 Å². The predicted molar refractivity (Wildman–Crippen MR) is 97.9 cm³/mol. The predicted octanol–water partition coefficient (Wildman–Crippen LogP) is 2.86. The van der Waals surface area contributed by atoms with Gasteiger partial charge in [0.1, 0.15) is 0 Å². The number of likely N-dealkylation sites (tertiary alicyclic amines) is 1. The number of carbonyl (C=O) groups is 1. The van der Waals surface area contributed by atoms with Crippen molar-refractivity contribution >= 4 is 29.1 Å². The van der Waals surface area contributed by atoms with E-state index >= 15 is 0 Å². The van der Waals surface area contributed by atoms with Crippen LogP contribution in [0.3, 0.4) is 0 Å². The van der Waals surface area contributed by atoms with Crippen molar-refractivity contribution in [1.82, 2.24) is 19.5 Å². The van der Waals surface area contributed by atoms with E-state index in [1.165, 1.54) is 0 Å². The molecule has 0 bridgehead atoms. The Kier molecular flexibility index (Phi) is 4.54. The van der Waals surface area contributed by atoms with E-state index in [1.807, 2.05) is 22.7 Å². The molecular weight excluding hydrogens is 338 g/mol.